The van der Waals surface area contributed by atoms with Gasteiger partial charge in [0.1, 0.15) is 5.56 Å². The molecule has 2 atom stereocenters. The fraction of sp³-hybridized carbons (Fsp3) is 0.833. The molecule has 0 heterocycles. The highest BCUT2D eigenvalue weighted by molar-refractivity contribution is 8.13. The normalized spacial score (nSPS) is 16.4. The Hall–Kier alpha value is 0.270. The summed E-state index contributed by atoms with van der Waals surface area (Å²) >= 11 is 6.53. The molecule has 0 spiro atoms. The van der Waals surface area contributed by atoms with E-state index in [1.54, 1.807) is 6.92 Å². The van der Waals surface area contributed by atoms with Crippen molar-refractivity contribution >= 4 is 28.5 Å². The van der Waals surface area contributed by atoms with E-state index in [1.165, 1.54) is 18.7 Å². The predicted molar refractivity (Wildman–Crippen MR) is 44.2 cm³/mol. The van der Waals surface area contributed by atoms with Crippen LogP contribution in [0.3, 0.4) is 0 Å². The average molecular weight is 183 g/mol. The number of hydrogen-bond donors (Lipinski definition) is 1. The molecule has 0 aliphatic heterocycles. The highest BCUT2D eigenvalue weighted by atomic mass is 35.5. The molecule has 10 heavy (non-hydrogen) atoms. The van der Waals surface area contributed by atoms with Gasteiger partial charge in [0.05, 0.1) is 0 Å². The number of hydrogen-bond acceptors (Lipinski definition) is 3. The molecule has 2 nitrogen and oxygen atoms in total. The Labute approximate surface area is 69.9 Å². The summed E-state index contributed by atoms with van der Waals surface area (Å²) in [6, 6.07) is 0. The van der Waals surface area contributed by atoms with E-state index in [2.05, 4.69) is 0 Å². The van der Waals surface area contributed by atoms with E-state index < -0.39 is 5.56 Å². The number of alkyl halides is 1. The largest absolute Gasteiger partial charge is 0.377 e. The first-order chi connectivity index (χ1) is 4.54. The molecular weight excluding hydrogens is 172 g/mol. The van der Waals surface area contributed by atoms with Crippen LogP contribution < -0.4 is 0 Å². The van der Waals surface area contributed by atoms with Crippen molar-refractivity contribution in [2.75, 3.05) is 5.75 Å². The fourth-order valence-electron chi connectivity index (χ4n) is 0.328. The topological polar surface area (TPSA) is 37.3 Å². The lowest BCUT2D eigenvalue weighted by molar-refractivity contribution is -0.109. The molecule has 0 aliphatic rings. The van der Waals surface area contributed by atoms with Gasteiger partial charge >= 0.3 is 0 Å². The van der Waals surface area contributed by atoms with E-state index in [9.17, 15) is 4.79 Å². The van der Waals surface area contributed by atoms with Crippen LogP contribution in [0.1, 0.15) is 13.8 Å². The van der Waals surface area contributed by atoms with Crippen LogP contribution in [-0.4, -0.2) is 21.5 Å². The molecular formula is C6H11ClO2S. The van der Waals surface area contributed by atoms with Crippen LogP contribution in [0, 0.1) is 5.92 Å². The zero-order chi connectivity index (χ0) is 8.15. The summed E-state index contributed by atoms with van der Waals surface area (Å²) in [6.45, 7) is 3.30. The molecule has 0 aromatic rings. The molecule has 4 heteroatoms. The molecule has 60 valence electrons. The van der Waals surface area contributed by atoms with E-state index in [4.69, 9.17) is 16.7 Å². The molecule has 0 aromatic heterocycles. The van der Waals surface area contributed by atoms with Crippen molar-refractivity contribution in [3.8, 4) is 0 Å². The number of carbonyl (C=O) groups is 1. The first kappa shape index (κ1) is 10.3. The van der Waals surface area contributed by atoms with E-state index in [0.717, 1.165) is 0 Å². The van der Waals surface area contributed by atoms with Crippen molar-refractivity contribution < 1.29 is 9.90 Å². The second kappa shape index (κ2) is 4.99. The Morgan fingerprint density at radius 3 is 2.60 bits per heavy atom. The number of aliphatic hydroxyl groups is 1. The van der Waals surface area contributed by atoms with Crippen LogP contribution in [0.2, 0.25) is 0 Å². The van der Waals surface area contributed by atoms with E-state index in [0.29, 0.717) is 5.75 Å². The molecule has 0 radical (unpaired) electrons. The Morgan fingerprint density at radius 2 is 2.30 bits per heavy atom. The molecule has 0 saturated carbocycles. The number of rotatable bonds is 3. The number of aliphatic hydroxyl groups excluding tert-OH is 1. The summed E-state index contributed by atoms with van der Waals surface area (Å²) < 4.78 is 0. The molecule has 0 bridgehead atoms. The smallest absolute Gasteiger partial charge is 0.185 e. The van der Waals surface area contributed by atoms with Gasteiger partial charge in [-0.2, -0.15) is 0 Å². The van der Waals surface area contributed by atoms with Crippen LogP contribution in [0.4, 0.5) is 0 Å². The maximum absolute atomic E-state index is 10.4. The third kappa shape index (κ3) is 5.09. The standard InChI is InChI=1S/C6H11ClO2S/c1-4(6(7)9)3-10-5(2)8/h4,6,9H,3H2,1-2H3. The number of halogens is 1. The van der Waals surface area contributed by atoms with Crippen LogP contribution in [0.15, 0.2) is 0 Å². The first-order valence-electron chi connectivity index (χ1n) is 2.99. The molecule has 2 unspecified atom stereocenters. The molecule has 0 aromatic carbocycles. The van der Waals surface area contributed by atoms with Crippen LogP contribution >= 0.6 is 23.4 Å². The summed E-state index contributed by atoms with van der Waals surface area (Å²) in [5.74, 6) is 0.551. The summed E-state index contributed by atoms with van der Waals surface area (Å²) in [6.07, 6.45) is 0. The molecule has 0 fully saturated rings. The van der Waals surface area contributed by atoms with E-state index in [-0.39, 0.29) is 11.0 Å². The van der Waals surface area contributed by atoms with Crippen molar-refractivity contribution in [3.63, 3.8) is 0 Å². The van der Waals surface area contributed by atoms with Gasteiger partial charge in [-0.15, -0.1) is 0 Å². The Morgan fingerprint density at radius 1 is 1.80 bits per heavy atom. The molecule has 0 amide bonds. The average Bonchev–Trinajstić information content (AvgIpc) is 1.82. The Balaban J connectivity index is 3.39. The highest BCUT2D eigenvalue weighted by Crippen LogP contribution is 2.14. The predicted octanol–water partition coefficient (Wildman–Crippen LogP) is 1.46. The molecule has 1 N–H and O–H groups in total. The SMILES string of the molecule is CC(=O)SCC(C)C(O)Cl. The number of thioether (sulfide) groups is 1. The maximum Gasteiger partial charge on any atom is 0.185 e. The van der Waals surface area contributed by atoms with Gasteiger partial charge in [-0.25, -0.2) is 0 Å². The molecule has 0 rings (SSSR count). The van der Waals surface area contributed by atoms with E-state index in [1.807, 2.05) is 0 Å². The lowest BCUT2D eigenvalue weighted by Crippen LogP contribution is -2.13. The summed E-state index contributed by atoms with van der Waals surface area (Å²) in [4.78, 5) is 10.4. The lowest BCUT2D eigenvalue weighted by atomic mass is 10.2. The van der Waals surface area contributed by atoms with Gasteiger partial charge in [-0.3, -0.25) is 4.79 Å². The minimum Gasteiger partial charge on any atom is -0.377 e. The lowest BCUT2D eigenvalue weighted by Gasteiger charge is -2.09. The maximum atomic E-state index is 10.4. The highest BCUT2D eigenvalue weighted by Gasteiger charge is 2.11. The fourth-order valence-corrected chi connectivity index (χ4v) is 1.20. The minimum absolute atomic E-state index is 0.0319. The van der Waals surface area contributed by atoms with Crippen LogP contribution in [0.25, 0.3) is 0 Å². The second-order valence-electron chi connectivity index (χ2n) is 2.15. The number of carbonyl (C=O) groups excluding carboxylic acids is 1. The zero-order valence-electron chi connectivity index (χ0n) is 6.00. The van der Waals surface area contributed by atoms with Crippen LogP contribution in [0.5, 0.6) is 0 Å². The van der Waals surface area contributed by atoms with Gasteiger partial charge in [0.25, 0.3) is 0 Å². The summed E-state index contributed by atoms with van der Waals surface area (Å²) in [5, 5.41) is 8.83. The van der Waals surface area contributed by atoms with E-state index >= 15 is 0 Å². The van der Waals surface area contributed by atoms with Gasteiger partial charge in [0.15, 0.2) is 5.12 Å². The van der Waals surface area contributed by atoms with Crippen molar-refractivity contribution in [3.05, 3.63) is 0 Å². The quantitative estimate of drug-likeness (QED) is 0.672. The van der Waals surface area contributed by atoms with Gasteiger partial charge in [0.2, 0.25) is 0 Å². The second-order valence-corrected chi connectivity index (χ2v) is 3.80. The molecule has 0 saturated heterocycles. The van der Waals surface area contributed by atoms with Gasteiger partial charge in [0, 0.05) is 18.6 Å². The van der Waals surface area contributed by atoms with Crippen molar-refractivity contribution in [1.29, 1.82) is 0 Å². The van der Waals surface area contributed by atoms with Crippen molar-refractivity contribution in [2.24, 2.45) is 5.92 Å². The summed E-state index contributed by atoms with van der Waals surface area (Å²) in [5.41, 5.74) is -0.841. The Kier molecular flexibility index (Phi) is 5.13. The van der Waals surface area contributed by atoms with Crippen LogP contribution in [-0.2, 0) is 4.79 Å². The zero-order valence-corrected chi connectivity index (χ0v) is 7.58. The molecule has 0 aliphatic carbocycles. The summed E-state index contributed by atoms with van der Waals surface area (Å²) in [7, 11) is 0. The van der Waals surface area contributed by atoms with Gasteiger partial charge < -0.3 is 5.11 Å². The Bertz CT molecular complexity index is 116. The van der Waals surface area contributed by atoms with Crippen molar-refractivity contribution in [1.82, 2.24) is 0 Å². The van der Waals surface area contributed by atoms with Crippen molar-refractivity contribution in [2.45, 2.75) is 19.4 Å². The van der Waals surface area contributed by atoms with Gasteiger partial charge in [-0.1, -0.05) is 30.3 Å². The minimum atomic E-state index is -0.841. The first-order valence-corrected chi connectivity index (χ1v) is 4.41. The third-order valence-electron chi connectivity index (χ3n) is 1.02. The third-order valence-corrected chi connectivity index (χ3v) is 2.55. The van der Waals surface area contributed by atoms with Gasteiger partial charge in [-0.05, 0) is 0 Å². The monoisotopic (exact) mass is 182 g/mol.